The fourth-order valence-electron chi connectivity index (χ4n) is 1.77. The first-order chi connectivity index (χ1) is 7.70. The van der Waals surface area contributed by atoms with Crippen molar-refractivity contribution in [2.24, 2.45) is 0 Å². The molecule has 86 valence electrons. The number of rotatable bonds is 2. The predicted molar refractivity (Wildman–Crippen MR) is 65.4 cm³/mol. The van der Waals surface area contributed by atoms with E-state index in [1.807, 2.05) is 18.2 Å². The van der Waals surface area contributed by atoms with Gasteiger partial charge in [-0.3, -0.25) is 4.79 Å². The van der Waals surface area contributed by atoms with Crippen LogP contribution in [0.5, 0.6) is 0 Å². The van der Waals surface area contributed by atoms with Gasteiger partial charge < -0.3 is 10.1 Å². The molecule has 3 nitrogen and oxygen atoms in total. The van der Waals surface area contributed by atoms with Crippen LogP contribution in [0, 0.1) is 0 Å². The van der Waals surface area contributed by atoms with Gasteiger partial charge in [-0.1, -0.05) is 22.0 Å². The maximum absolute atomic E-state index is 11.2. The summed E-state index contributed by atoms with van der Waals surface area (Å²) in [6, 6.07) is 5.88. The van der Waals surface area contributed by atoms with E-state index in [1.54, 1.807) is 0 Å². The monoisotopic (exact) mass is 303 g/mol. The fraction of sp³-hybridized carbons (Fsp3) is 0.364. The van der Waals surface area contributed by atoms with Crippen LogP contribution < -0.4 is 5.32 Å². The Balaban J connectivity index is 2.23. The molecule has 0 aromatic heterocycles. The lowest BCUT2D eigenvalue weighted by Gasteiger charge is -2.26. The van der Waals surface area contributed by atoms with Crippen molar-refractivity contribution in [1.82, 2.24) is 5.32 Å². The maximum Gasteiger partial charge on any atom is 0.235 e. The molecule has 1 aromatic rings. The third-order valence-electron chi connectivity index (χ3n) is 2.48. The molecule has 0 saturated carbocycles. The van der Waals surface area contributed by atoms with E-state index in [2.05, 4.69) is 21.2 Å². The number of hydrogen-bond acceptors (Lipinski definition) is 2. The van der Waals surface area contributed by atoms with Crippen molar-refractivity contribution in [3.05, 3.63) is 33.8 Å². The van der Waals surface area contributed by atoms with Gasteiger partial charge in [0.1, 0.15) is 5.88 Å². The quantitative estimate of drug-likeness (QED) is 0.852. The van der Waals surface area contributed by atoms with Crippen molar-refractivity contribution < 1.29 is 9.53 Å². The number of amides is 1. The normalized spacial score (nSPS) is 19.0. The number of fused-ring (bicyclic) bond motifs is 1. The standard InChI is InChI=1S/C11H11BrClNO2/c12-8-1-2-9-7(3-8)5-16-6-10(9)14-11(15)4-13/h1-3,10H,4-6H2,(H,14,15)/t10-/m1/s1. The first-order valence-corrected chi connectivity index (χ1v) is 6.25. The highest BCUT2D eigenvalue weighted by Crippen LogP contribution is 2.27. The van der Waals surface area contributed by atoms with Crippen LogP contribution in [-0.2, 0) is 16.1 Å². The number of hydrogen-bond donors (Lipinski definition) is 1. The van der Waals surface area contributed by atoms with Gasteiger partial charge in [0.15, 0.2) is 0 Å². The second kappa shape index (κ2) is 5.17. The Morgan fingerprint density at radius 2 is 2.44 bits per heavy atom. The Morgan fingerprint density at radius 1 is 1.62 bits per heavy atom. The molecule has 0 radical (unpaired) electrons. The predicted octanol–water partition coefficient (Wildman–Crippen LogP) is 2.38. The highest BCUT2D eigenvalue weighted by atomic mass is 79.9. The Kier molecular flexibility index (Phi) is 3.84. The van der Waals surface area contributed by atoms with Crippen LogP contribution in [0.4, 0.5) is 0 Å². The minimum Gasteiger partial charge on any atom is -0.374 e. The van der Waals surface area contributed by atoms with E-state index < -0.39 is 0 Å². The van der Waals surface area contributed by atoms with Crippen LogP contribution in [-0.4, -0.2) is 18.4 Å². The molecule has 16 heavy (non-hydrogen) atoms. The topological polar surface area (TPSA) is 38.3 Å². The van der Waals surface area contributed by atoms with E-state index in [1.165, 1.54) is 0 Å². The van der Waals surface area contributed by atoms with Crippen LogP contribution in [0.15, 0.2) is 22.7 Å². The minimum atomic E-state index is -0.175. The molecule has 1 amide bonds. The zero-order valence-electron chi connectivity index (χ0n) is 8.50. The van der Waals surface area contributed by atoms with E-state index in [0.717, 1.165) is 15.6 Å². The van der Waals surface area contributed by atoms with Crippen molar-refractivity contribution in [1.29, 1.82) is 0 Å². The number of ether oxygens (including phenoxy) is 1. The Labute approximate surface area is 107 Å². The first-order valence-electron chi connectivity index (χ1n) is 4.92. The second-order valence-electron chi connectivity index (χ2n) is 3.61. The summed E-state index contributed by atoms with van der Waals surface area (Å²) in [5.41, 5.74) is 2.20. The SMILES string of the molecule is O=C(CCl)N[C@@H]1COCc2cc(Br)ccc21. The summed E-state index contributed by atoms with van der Waals surface area (Å²) in [6.07, 6.45) is 0. The summed E-state index contributed by atoms with van der Waals surface area (Å²) in [5, 5.41) is 2.83. The largest absolute Gasteiger partial charge is 0.374 e. The van der Waals surface area contributed by atoms with Gasteiger partial charge in [0.25, 0.3) is 0 Å². The van der Waals surface area contributed by atoms with E-state index in [-0.39, 0.29) is 17.8 Å². The molecule has 1 aromatic carbocycles. The number of carbonyl (C=O) groups is 1. The van der Waals surface area contributed by atoms with Gasteiger partial charge in [0.05, 0.1) is 19.3 Å². The lowest BCUT2D eigenvalue weighted by atomic mass is 9.99. The second-order valence-corrected chi connectivity index (χ2v) is 4.79. The lowest BCUT2D eigenvalue weighted by molar-refractivity contribution is -0.120. The summed E-state index contributed by atoms with van der Waals surface area (Å²) >= 11 is 8.87. The van der Waals surface area contributed by atoms with Crippen LogP contribution in [0.1, 0.15) is 17.2 Å². The molecule has 1 N–H and O–H groups in total. The number of carbonyl (C=O) groups excluding carboxylic acids is 1. The van der Waals surface area contributed by atoms with Gasteiger partial charge >= 0.3 is 0 Å². The van der Waals surface area contributed by atoms with E-state index >= 15 is 0 Å². The van der Waals surface area contributed by atoms with Gasteiger partial charge in [0, 0.05) is 4.47 Å². The van der Waals surface area contributed by atoms with Gasteiger partial charge in [-0.15, -0.1) is 11.6 Å². The smallest absolute Gasteiger partial charge is 0.235 e. The molecule has 0 saturated heterocycles. The third kappa shape index (κ3) is 2.56. The number of benzene rings is 1. The van der Waals surface area contributed by atoms with Crippen molar-refractivity contribution in [3.8, 4) is 0 Å². The average Bonchev–Trinajstić information content (AvgIpc) is 2.28. The van der Waals surface area contributed by atoms with E-state index in [4.69, 9.17) is 16.3 Å². The summed E-state index contributed by atoms with van der Waals surface area (Å²) in [5.74, 6) is -0.200. The van der Waals surface area contributed by atoms with Crippen molar-refractivity contribution in [2.75, 3.05) is 12.5 Å². The molecule has 5 heteroatoms. The van der Waals surface area contributed by atoms with Crippen LogP contribution in [0.2, 0.25) is 0 Å². The molecule has 0 bridgehead atoms. The molecule has 2 rings (SSSR count). The summed E-state index contributed by atoms with van der Waals surface area (Å²) in [7, 11) is 0. The molecule has 0 unspecified atom stereocenters. The number of alkyl halides is 1. The maximum atomic E-state index is 11.2. The molecule has 1 heterocycles. The zero-order valence-corrected chi connectivity index (χ0v) is 10.8. The number of halogens is 2. The summed E-state index contributed by atoms with van der Waals surface area (Å²) in [6.45, 7) is 1.08. The molecular weight excluding hydrogens is 293 g/mol. The Bertz CT molecular complexity index is 411. The van der Waals surface area contributed by atoms with E-state index in [0.29, 0.717) is 13.2 Å². The van der Waals surface area contributed by atoms with E-state index in [9.17, 15) is 4.79 Å². The lowest BCUT2D eigenvalue weighted by Crippen LogP contribution is -2.34. The highest BCUT2D eigenvalue weighted by Gasteiger charge is 2.21. The van der Waals surface area contributed by atoms with Gasteiger partial charge in [-0.2, -0.15) is 0 Å². The molecule has 1 aliphatic rings. The summed E-state index contributed by atoms with van der Waals surface area (Å²) < 4.78 is 6.44. The zero-order chi connectivity index (χ0) is 11.5. The van der Waals surface area contributed by atoms with Gasteiger partial charge in [-0.25, -0.2) is 0 Å². The van der Waals surface area contributed by atoms with Gasteiger partial charge in [-0.05, 0) is 23.3 Å². The highest BCUT2D eigenvalue weighted by molar-refractivity contribution is 9.10. The van der Waals surface area contributed by atoms with Crippen LogP contribution in [0.25, 0.3) is 0 Å². The molecule has 0 aliphatic carbocycles. The molecule has 1 atom stereocenters. The Morgan fingerprint density at radius 3 is 3.19 bits per heavy atom. The minimum absolute atomic E-state index is 0.0254. The molecule has 0 fully saturated rings. The van der Waals surface area contributed by atoms with Gasteiger partial charge in [0.2, 0.25) is 5.91 Å². The molecule has 0 spiro atoms. The van der Waals surface area contributed by atoms with Crippen LogP contribution >= 0.6 is 27.5 Å². The van der Waals surface area contributed by atoms with Crippen molar-refractivity contribution in [2.45, 2.75) is 12.6 Å². The first kappa shape index (κ1) is 11.9. The van der Waals surface area contributed by atoms with Crippen LogP contribution in [0.3, 0.4) is 0 Å². The molecule has 1 aliphatic heterocycles. The average molecular weight is 305 g/mol. The fourth-order valence-corrected chi connectivity index (χ4v) is 2.25. The van der Waals surface area contributed by atoms with Crippen molar-refractivity contribution in [3.63, 3.8) is 0 Å². The summed E-state index contributed by atoms with van der Waals surface area (Å²) in [4.78, 5) is 11.2. The Hall–Kier alpha value is -0.580. The van der Waals surface area contributed by atoms with Crippen molar-refractivity contribution >= 4 is 33.4 Å². The number of nitrogens with one attached hydrogen (secondary N) is 1. The third-order valence-corrected chi connectivity index (χ3v) is 3.22. The molecular formula is C11H11BrClNO2.